The number of rotatable bonds is 6. The molecule has 1 aliphatic carbocycles. The number of ether oxygens (including phenoxy) is 2. The fourth-order valence-electron chi connectivity index (χ4n) is 3.61. The third-order valence-electron chi connectivity index (χ3n) is 5.16. The molecular weight excluding hydrogens is 356 g/mol. The van der Waals surface area contributed by atoms with Gasteiger partial charge in [-0.25, -0.2) is 15.0 Å². The molecule has 0 saturated heterocycles. The molecule has 148 valence electrons. The SMILES string of the molecule is COc1ccc(Cn2cnc(O)c3nc(C(C)C)nc2-3)cc1OC1CCCC1. The predicted molar refractivity (Wildman–Crippen MR) is 105 cm³/mol. The first-order chi connectivity index (χ1) is 13.5. The van der Waals surface area contributed by atoms with E-state index in [0.29, 0.717) is 23.9 Å². The topological polar surface area (TPSA) is 82.3 Å². The van der Waals surface area contributed by atoms with Crippen molar-refractivity contribution < 1.29 is 14.6 Å². The quantitative estimate of drug-likeness (QED) is 0.694. The Balaban J connectivity index is 1.64. The summed E-state index contributed by atoms with van der Waals surface area (Å²) in [5.41, 5.74) is 1.48. The highest BCUT2D eigenvalue weighted by Crippen LogP contribution is 2.34. The third-order valence-corrected chi connectivity index (χ3v) is 5.16. The van der Waals surface area contributed by atoms with Gasteiger partial charge in [-0.1, -0.05) is 19.9 Å². The van der Waals surface area contributed by atoms with E-state index in [2.05, 4.69) is 15.0 Å². The molecule has 2 aliphatic heterocycles. The Bertz CT molecular complexity index is 932. The average molecular weight is 382 g/mol. The molecule has 2 heterocycles. The molecule has 0 radical (unpaired) electrons. The van der Waals surface area contributed by atoms with E-state index in [-0.39, 0.29) is 17.9 Å². The van der Waals surface area contributed by atoms with Crippen molar-refractivity contribution >= 4 is 0 Å². The number of fused-ring (bicyclic) bond motifs is 1. The van der Waals surface area contributed by atoms with Crippen LogP contribution in [0.3, 0.4) is 0 Å². The molecule has 28 heavy (non-hydrogen) atoms. The average Bonchev–Trinajstić information content (AvgIpc) is 3.35. The van der Waals surface area contributed by atoms with Gasteiger partial charge in [-0.2, -0.15) is 0 Å². The van der Waals surface area contributed by atoms with E-state index in [1.165, 1.54) is 12.8 Å². The lowest BCUT2D eigenvalue weighted by Crippen LogP contribution is -2.12. The Kier molecular flexibility index (Phi) is 5.07. The van der Waals surface area contributed by atoms with Gasteiger partial charge in [-0.15, -0.1) is 0 Å². The molecule has 0 amide bonds. The second-order valence-corrected chi connectivity index (χ2v) is 7.61. The standard InChI is InChI=1S/C21H26N4O3/c1-13(2)19-23-18-20(24-19)25(12-22-21(18)26)11-14-8-9-16(27-3)17(10-14)28-15-6-4-5-7-15/h8-10,12-13,15,26H,4-7,11H2,1-3H3. The van der Waals surface area contributed by atoms with Crippen molar-refractivity contribution in [3.8, 4) is 28.9 Å². The molecule has 0 spiro atoms. The van der Waals surface area contributed by atoms with E-state index in [1.54, 1.807) is 13.4 Å². The van der Waals surface area contributed by atoms with E-state index in [1.807, 2.05) is 36.6 Å². The van der Waals surface area contributed by atoms with Crippen LogP contribution in [-0.2, 0) is 6.54 Å². The lowest BCUT2D eigenvalue weighted by molar-refractivity contribution is 0.200. The van der Waals surface area contributed by atoms with Crippen LogP contribution in [0.25, 0.3) is 11.5 Å². The lowest BCUT2D eigenvalue weighted by Gasteiger charge is -2.17. The zero-order valence-corrected chi connectivity index (χ0v) is 16.6. The van der Waals surface area contributed by atoms with Gasteiger partial charge in [0.2, 0.25) is 5.88 Å². The van der Waals surface area contributed by atoms with Crippen LogP contribution in [0, 0.1) is 0 Å². The van der Waals surface area contributed by atoms with E-state index in [0.717, 1.165) is 29.9 Å². The second-order valence-electron chi connectivity index (χ2n) is 7.61. The van der Waals surface area contributed by atoms with Gasteiger partial charge in [-0.3, -0.25) is 0 Å². The molecule has 0 bridgehead atoms. The van der Waals surface area contributed by atoms with Crippen LogP contribution in [0.5, 0.6) is 17.4 Å². The minimum Gasteiger partial charge on any atom is -0.493 e. The number of hydrogen-bond donors (Lipinski definition) is 1. The Morgan fingerprint density at radius 2 is 1.96 bits per heavy atom. The molecule has 3 aliphatic rings. The summed E-state index contributed by atoms with van der Waals surface area (Å²) in [7, 11) is 1.66. The Labute approximate surface area is 164 Å². The molecule has 1 saturated carbocycles. The Morgan fingerprint density at radius 1 is 1.18 bits per heavy atom. The zero-order valence-electron chi connectivity index (χ0n) is 16.6. The highest BCUT2D eigenvalue weighted by Gasteiger charge is 2.22. The van der Waals surface area contributed by atoms with Gasteiger partial charge in [0.25, 0.3) is 0 Å². The van der Waals surface area contributed by atoms with Crippen molar-refractivity contribution in [2.45, 2.75) is 58.1 Å². The van der Waals surface area contributed by atoms with Gasteiger partial charge < -0.3 is 19.1 Å². The first-order valence-electron chi connectivity index (χ1n) is 9.80. The molecule has 4 rings (SSSR count). The molecule has 7 heteroatoms. The van der Waals surface area contributed by atoms with Gasteiger partial charge >= 0.3 is 0 Å². The summed E-state index contributed by atoms with van der Waals surface area (Å²) in [4.78, 5) is 13.1. The molecule has 0 aromatic heterocycles. The fourth-order valence-corrected chi connectivity index (χ4v) is 3.61. The van der Waals surface area contributed by atoms with Gasteiger partial charge in [-0.05, 0) is 43.4 Å². The first-order valence-corrected chi connectivity index (χ1v) is 9.80. The van der Waals surface area contributed by atoms with Crippen molar-refractivity contribution in [3.63, 3.8) is 0 Å². The minimum absolute atomic E-state index is 0.0920. The summed E-state index contributed by atoms with van der Waals surface area (Å²) in [6.07, 6.45) is 6.46. The van der Waals surface area contributed by atoms with Crippen LogP contribution >= 0.6 is 0 Å². The summed E-state index contributed by atoms with van der Waals surface area (Å²) >= 11 is 0. The molecule has 1 fully saturated rings. The molecule has 0 atom stereocenters. The summed E-state index contributed by atoms with van der Waals surface area (Å²) in [6.45, 7) is 4.60. The van der Waals surface area contributed by atoms with Crippen molar-refractivity contribution in [2.24, 2.45) is 0 Å². The predicted octanol–water partition coefficient (Wildman–Crippen LogP) is 3.99. The highest BCUT2D eigenvalue weighted by atomic mass is 16.5. The molecular formula is C21H26N4O3. The highest BCUT2D eigenvalue weighted by molar-refractivity contribution is 5.58. The second kappa shape index (κ2) is 7.66. The van der Waals surface area contributed by atoms with Gasteiger partial charge in [0, 0.05) is 5.92 Å². The summed E-state index contributed by atoms with van der Waals surface area (Å²) < 4.78 is 13.6. The number of benzene rings is 1. The number of hydrogen-bond acceptors (Lipinski definition) is 6. The maximum Gasteiger partial charge on any atom is 0.242 e. The van der Waals surface area contributed by atoms with E-state index in [4.69, 9.17) is 9.47 Å². The largest absolute Gasteiger partial charge is 0.493 e. The lowest BCUT2D eigenvalue weighted by atomic mass is 10.2. The molecule has 1 aromatic carbocycles. The van der Waals surface area contributed by atoms with Crippen LogP contribution in [0.1, 0.15) is 56.8 Å². The first kappa shape index (κ1) is 18.5. The smallest absolute Gasteiger partial charge is 0.242 e. The molecule has 0 unspecified atom stereocenters. The summed E-state index contributed by atoms with van der Waals surface area (Å²) in [6, 6.07) is 5.95. The van der Waals surface area contributed by atoms with Crippen molar-refractivity contribution in [2.75, 3.05) is 7.11 Å². The Hall–Kier alpha value is -2.83. The van der Waals surface area contributed by atoms with Crippen LogP contribution in [-0.4, -0.2) is 37.8 Å². The molecule has 1 aromatic rings. The molecule has 1 N–H and O–H groups in total. The van der Waals surface area contributed by atoms with Gasteiger partial charge in [0.1, 0.15) is 12.2 Å². The maximum absolute atomic E-state index is 10.1. The van der Waals surface area contributed by atoms with Crippen molar-refractivity contribution in [1.29, 1.82) is 0 Å². The number of aromatic hydroxyl groups is 1. The third kappa shape index (κ3) is 3.61. The fraction of sp³-hybridized carbons (Fsp3) is 0.476. The zero-order chi connectivity index (χ0) is 19.7. The molecule has 7 nitrogen and oxygen atoms in total. The van der Waals surface area contributed by atoms with Gasteiger partial charge in [0.15, 0.2) is 23.0 Å². The number of imidazole rings is 1. The van der Waals surface area contributed by atoms with Crippen molar-refractivity contribution in [3.05, 3.63) is 35.9 Å². The monoisotopic (exact) mass is 382 g/mol. The summed E-state index contributed by atoms with van der Waals surface area (Å²) in [5.74, 6) is 2.92. The number of methoxy groups -OCH3 is 1. The maximum atomic E-state index is 10.1. The van der Waals surface area contributed by atoms with Crippen LogP contribution in [0.4, 0.5) is 0 Å². The van der Waals surface area contributed by atoms with Crippen LogP contribution < -0.4 is 9.47 Å². The number of aromatic nitrogens is 4. The normalized spacial score (nSPS) is 14.9. The minimum atomic E-state index is -0.0920. The van der Waals surface area contributed by atoms with Crippen LogP contribution in [0.15, 0.2) is 24.5 Å². The summed E-state index contributed by atoms with van der Waals surface area (Å²) in [5, 5.41) is 10.1. The Morgan fingerprint density at radius 3 is 2.68 bits per heavy atom. The number of nitrogens with zero attached hydrogens (tertiary/aromatic N) is 4. The van der Waals surface area contributed by atoms with Crippen LogP contribution in [0.2, 0.25) is 0 Å². The van der Waals surface area contributed by atoms with Gasteiger partial charge in [0.05, 0.1) is 19.8 Å². The van der Waals surface area contributed by atoms with Crippen molar-refractivity contribution in [1.82, 2.24) is 19.5 Å². The van der Waals surface area contributed by atoms with E-state index in [9.17, 15) is 5.11 Å². The van der Waals surface area contributed by atoms with E-state index < -0.39 is 0 Å². The van der Waals surface area contributed by atoms with E-state index >= 15 is 0 Å².